The quantitative estimate of drug-likeness (QED) is 0.467. The number of hydrogen-bond acceptors (Lipinski definition) is 7. The van der Waals surface area contributed by atoms with E-state index in [0.29, 0.717) is 39.6 Å². The molecule has 0 spiro atoms. The van der Waals surface area contributed by atoms with E-state index in [9.17, 15) is 14.4 Å². The summed E-state index contributed by atoms with van der Waals surface area (Å²) >= 11 is 1.32. The summed E-state index contributed by atoms with van der Waals surface area (Å²) in [5.74, 6) is -0.783. The van der Waals surface area contributed by atoms with Gasteiger partial charge in [-0.2, -0.15) is 5.26 Å². The van der Waals surface area contributed by atoms with E-state index in [2.05, 4.69) is 19.9 Å². The molecule has 8 nitrogen and oxygen atoms in total. The molecule has 0 unspecified atom stereocenters. The van der Waals surface area contributed by atoms with E-state index >= 15 is 0 Å². The van der Waals surface area contributed by atoms with Crippen LogP contribution in [0.25, 0.3) is 15.8 Å². The van der Waals surface area contributed by atoms with Gasteiger partial charge in [0.1, 0.15) is 22.4 Å². The second-order valence-corrected chi connectivity index (χ2v) is 8.24. The zero-order valence-corrected chi connectivity index (χ0v) is 17.4. The molecule has 5 rings (SSSR count). The Labute approximate surface area is 185 Å². The van der Waals surface area contributed by atoms with Crippen LogP contribution in [0.4, 0.5) is 4.39 Å². The average Bonchev–Trinajstić information content (AvgIpc) is 3.46. The van der Waals surface area contributed by atoms with E-state index in [-0.39, 0.29) is 17.0 Å². The molecule has 0 bridgehead atoms. The summed E-state index contributed by atoms with van der Waals surface area (Å²) in [6.07, 6.45) is 4.80. The fourth-order valence-corrected chi connectivity index (χ4v) is 4.96. The Balaban J connectivity index is 1.60. The van der Waals surface area contributed by atoms with Gasteiger partial charge in [0.15, 0.2) is 0 Å². The number of thiazole rings is 1. The standard InChI is InChI=1S/C22H16FN7OS/c23-14-2-1-3-17-18(14)29-21(32-17)20-19-15(27-11-28-19)5-7-30(20)22(31)13(10-25)16-8-12(9-24)4-6-26-16/h1-4,6,8,10-11,20H,5,7,25H2,(H,27,28)/b13-10+/t20-/m0/s1. The maximum atomic E-state index is 14.3. The van der Waals surface area contributed by atoms with Gasteiger partial charge in [0.05, 0.1) is 39.6 Å². The van der Waals surface area contributed by atoms with E-state index in [4.69, 9.17) is 5.73 Å². The number of H-pyrrole nitrogens is 1. The van der Waals surface area contributed by atoms with Crippen molar-refractivity contribution < 1.29 is 9.18 Å². The van der Waals surface area contributed by atoms with Crippen LogP contribution >= 0.6 is 11.3 Å². The summed E-state index contributed by atoms with van der Waals surface area (Å²) in [7, 11) is 0. The fourth-order valence-electron chi connectivity index (χ4n) is 3.86. The molecule has 0 saturated heterocycles. The molecular formula is C22H16FN7OS. The first-order chi connectivity index (χ1) is 15.6. The number of halogens is 1. The number of amides is 1. The molecule has 3 aromatic heterocycles. The molecule has 0 fully saturated rings. The normalized spacial score (nSPS) is 16.1. The molecule has 1 aliphatic heterocycles. The van der Waals surface area contributed by atoms with Gasteiger partial charge in [-0.3, -0.25) is 9.78 Å². The summed E-state index contributed by atoms with van der Waals surface area (Å²) in [5.41, 5.74) is 8.50. The highest BCUT2D eigenvalue weighted by Crippen LogP contribution is 2.39. The predicted molar refractivity (Wildman–Crippen MR) is 117 cm³/mol. The van der Waals surface area contributed by atoms with Crippen molar-refractivity contribution in [3.8, 4) is 6.07 Å². The van der Waals surface area contributed by atoms with Gasteiger partial charge in [-0.15, -0.1) is 11.3 Å². The molecule has 3 N–H and O–H groups in total. The summed E-state index contributed by atoms with van der Waals surface area (Å²) in [6.45, 7) is 0.381. The number of carbonyl (C=O) groups is 1. The number of aromatic nitrogens is 4. The number of pyridine rings is 1. The lowest BCUT2D eigenvalue weighted by atomic mass is 10.0. The monoisotopic (exact) mass is 445 g/mol. The van der Waals surface area contributed by atoms with Crippen molar-refractivity contribution in [2.45, 2.75) is 12.5 Å². The van der Waals surface area contributed by atoms with Crippen LogP contribution in [0.2, 0.25) is 0 Å². The molecule has 0 saturated carbocycles. The molecule has 1 atom stereocenters. The highest BCUT2D eigenvalue weighted by atomic mass is 32.1. The number of benzene rings is 1. The number of imidazole rings is 1. The van der Waals surface area contributed by atoms with Crippen LogP contribution in [-0.2, 0) is 11.2 Å². The average molecular weight is 445 g/mol. The first kappa shape index (κ1) is 19.8. The highest BCUT2D eigenvalue weighted by molar-refractivity contribution is 7.18. The third-order valence-corrected chi connectivity index (χ3v) is 6.44. The van der Waals surface area contributed by atoms with Gasteiger partial charge in [-0.05, 0) is 24.3 Å². The lowest BCUT2D eigenvalue weighted by Crippen LogP contribution is -2.41. The minimum atomic E-state index is -0.608. The number of para-hydroxylation sites is 1. The van der Waals surface area contributed by atoms with Crippen LogP contribution in [-0.4, -0.2) is 37.3 Å². The second-order valence-electron chi connectivity index (χ2n) is 7.18. The number of rotatable bonds is 3. The first-order valence-corrected chi connectivity index (χ1v) is 10.6. The topological polar surface area (TPSA) is 125 Å². The number of nitrogens with zero attached hydrogens (tertiary/aromatic N) is 5. The summed E-state index contributed by atoms with van der Waals surface area (Å²) < 4.78 is 15.0. The van der Waals surface area contributed by atoms with Gasteiger partial charge >= 0.3 is 0 Å². The van der Waals surface area contributed by atoms with E-state index < -0.39 is 11.9 Å². The van der Waals surface area contributed by atoms with Crippen molar-refractivity contribution in [2.24, 2.45) is 5.73 Å². The molecule has 1 aliphatic rings. The van der Waals surface area contributed by atoms with Gasteiger partial charge < -0.3 is 15.6 Å². The largest absolute Gasteiger partial charge is 0.404 e. The molecule has 0 aliphatic carbocycles. The number of hydrogen-bond donors (Lipinski definition) is 2. The third-order valence-electron chi connectivity index (χ3n) is 5.37. The Morgan fingerprint density at radius 3 is 3.03 bits per heavy atom. The number of nitriles is 1. The van der Waals surface area contributed by atoms with Crippen molar-refractivity contribution in [3.63, 3.8) is 0 Å². The Morgan fingerprint density at radius 2 is 2.25 bits per heavy atom. The summed E-state index contributed by atoms with van der Waals surface area (Å²) in [6, 6.07) is 9.29. The Kier molecular flexibility index (Phi) is 4.88. The molecule has 10 heteroatoms. The summed E-state index contributed by atoms with van der Waals surface area (Å²) in [5, 5.41) is 9.76. The number of nitrogens with two attached hydrogens (primary N) is 1. The molecule has 4 aromatic rings. The van der Waals surface area contributed by atoms with Crippen molar-refractivity contribution in [3.05, 3.63) is 82.5 Å². The minimum Gasteiger partial charge on any atom is -0.404 e. The summed E-state index contributed by atoms with van der Waals surface area (Å²) in [4.78, 5) is 31.6. The molecule has 4 heterocycles. The van der Waals surface area contributed by atoms with Gasteiger partial charge in [0.25, 0.3) is 5.91 Å². The van der Waals surface area contributed by atoms with Crippen LogP contribution < -0.4 is 5.73 Å². The SMILES string of the molecule is N#Cc1ccnc(/C(=C\N)C(=O)N2CCc3[nH]cnc3[C@H]2c2nc3c(F)cccc3s2)c1. The Hall–Kier alpha value is -4.10. The third kappa shape index (κ3) is 3.19. The molecular weight excluding hydrogens is 429 g/mol. The van der Waals surface area contributed by atoms with Crippen molar-refractivity contribution in [2.75, 3.05) is 6.54 Å². The smallest absolute Gasteiger partial charge is 0.258 e. The van der Waals surface area contributed by atoms with Gasteiger partial charge in [0, 0.05) is 31.1 Å². The van der Waals surface area contributed by atoms with Crippen molar-refractivity contribution in [1.82, 2.24) is 24.8 Å². The molecule has 158 valence electrons. The van der Waals surface area contributed by atoms with Crippen LogP contribution in [0.15, 0.2) is 49.1 Å². The molecule has 32 heavy (non-hydrogen) atoms. The first-order valence-electron chi connectivity index (χ1n) is 9.77. The van der Waals surface area contributed by atoms with Crippen LogP contribution in [0, 0.1) is 17.1 Å². The van der Waals surface area contributed by atoms with Crippen molar-refractivity contribution >= 4 is 33.0 Å². The van der Waals surface area contributed by atoms with Gasteiger partial charge in [-0.25, -0.2) is 14.4 Å². The zero-order valence-electron chi connectivity index (χ0n) is 16.6. The van der Waals surface area contributed by atoms with Crippen LogP contribution in [0.1, 0.15) is 33.7 Å². The fraction of sp³-hybridized carbons (Fsp3) is 0.136. The van der Waals surface area contributed by atoms with Gasteiger partial charge in [0.2, 0.25) is 0 Å². The maximum Gasteiger partial charge on any atom is 0.258 e. The molecule has 1 amide bonds. The molecule has 0 radical (unpaired) electrons. The van der Waals surface area contributed by atoms with E-state index in [1.54, 1.807) is 29.4 Å². The van der Waals surface area contributed by atoms with E-state index in [0.717, 1.165) is 5.69 Å². The lowest BCUT2D eigenvalue weighted by Gasteiger charge is -2.34. The van der Waals surface area contributed by atoms with Crippen LogP contribution in [0.3, 0.4) is 0 Å². The van der Waals surface area contributed by atoms with Crippen LogP contribution in [0.5, 0.6) is 0 Å². The van der Waals surface area contributed by atoms with E-state index in [1.807, 2.05) is 6.07 Å². The number of aromatic amines is 1. The molecule has 1 aromatic carbocycles. The number of carbonyl (C=O) groups excluding carboxylic acids is 1. The number of nitrogens with one attached hydrogen (secondary N) is 1. The lowest BCUT2D eigenvalue weighted by molar-refractivity contribution is -0.127. The predicted octanol–water partition coefficient (Wildman–Crippen LogP) is 2.90. The Bertz CT molecular complexity index is 1420. The highest BCUT2D eigenvalue weighted by Gasteiger charge is 2.37. The van der Waals surface area contributed by atoms with Gasteiger partial charge in [-0.1, -0.05) is 6.07 Å². The maximum absolute atomic E-state index is 14.3. The zero-order chi connectivity index (χ0) is 22.2. The number of fused-ring (bicyclic) bond motifs is 2. The second kappa shape index (κ2) is 7.86. The minimum absolute atomic E-state index is 0.165. The Morgan fingerprint density at radius 1 is 1.38 bits per heavy atom. The van der Waals surface area contributed by atoms with E-state index in [1.165, 1.54) is 35.9 Å². The van der Waals surface area contributed by atoms with Crippen molar-refractivity contribution in [1.29, 1.82) is 5.26 Å².